The van der Waals surface area contributed by atoms with Crippen LogP contribution in [-0.2, 0) is 6.42 Å². The van der Waals surface area contributed by atoms with Gasteiger partial charge in [-0.05, 0) is 47.1 Å². The van der Waals surface area contributed by atoms with Gasteiger partial charge in [0, 0.05) is 12.0 Å². The Labute approximate surface area is 129 Å². The second kappa shape index (κ2) is 6.80. The number of carbonyl (C=O) groups is 1. The van der Waals surface area contributed by atoms with Gasteiger partial charge >= 0.3 is 0 Å². The Morgan fingerprint density at radius 3 is 2.62 bits per heavy atom. The first-order chi connectivity index (χ1) is 10.0. The maximum absolute atomic E-state index is 13.9. The lowest BCUT2D eigenvalue weighted by molar-refractivity contribution is 0.0987. The van der Waals surface area contributed by atoms with Crippen LogP contribution in [0.3, 0.4) is 0 Å². The highest BCUT2D eigenvalue weighted by Crippen LogP contribution is 2.25. The van der Waals surface area contributed by atoms with E-state index in [1.54, 1.807) is 31.2 Å². The normalized spacial score (nSPS) is 10.5. The second-order valence-electron chi connectivity index (χ2n) is 4.35. The zero-order valence-corrected chi connectivity index (χ0v) is 12.9. The Kier molecular flexibility index (Phi) is 5.07. The molecule has 0 atom stereocenters. The number of rotatable bonds is 5. The van der Waals surface area contributed by atoms with Crippen LogP contribution in [0.15, 0.2) is 40.9 Å². The predicted octanol–water partition coefficient (Wildman–Crippen LogP) is 4.55. The van der Waals surface area contributed by atoms with E-state index in [-0.39, 0.29) is 16.5 Å². The van der Waals surface area contributed by atoms with Crippen molar-refractivity contribution in [3.8, 4) is 5.75 Å². The van der Waals surface area contributed by atoms with Gasteiger partial charge in [-0.25, -0.2) is 8.78 Å². The number of halogens is 3. The standard InChI is InChI=1S/C16H13BrF2O2/c1-2-21-15-6-4-3-5-10(15)14(20)9-11-13(18)8-7-12(17)16(11)19/h3-8H,2,9H2,1H3. The maximum atomic E-state index is 13.9. The molecule has 0 aromatic heterocycles. The van der Waals surface area contributed by atoms with Crippen molar-refractivity contribution < 1.29 is 18.3 Å². The number of hydrogen-bond acceptors (Lipinski definition) is 2. The second-order valence-corrected chi connectivity index (χ2v) is 5.21. The lowest BCUT2D eigenvalue weighted by Crippen LogP contribution is -2.10. The highest BCUT2D eigenvalue weighted by Gasteiger charge is 2.19. The summed E-state index contributed by atoms with van der Waals surface area (Å²) in [6.45, 7) is 2.21. The van der Waals surface area contributed by atoms with Gasteiger partial charge in [-0.15, -0.1) is 0 Å². The Bertz CT molecular complexity index is 671. The van der Waals surface area contributed by atoms with Crippen molar-refractivity contribution >= 4 is 21.7 Å². The summed E-state index contributed by atoms with van der Waals surface area (Å²) in [5.74, 6) is -1.47. The smallest absolute Gasteiger partial charge is 0.171 e. The molecule has 0 unspecified atom stereocenters. The van der Waals surface area contributed by atoms with E-state index in [0.717, 1.165) is 6.07 Å². The number of ether oxygens (including phenoxy) is 1. The van der Waals surface area contributed by atoms with Crippen molar-refractivity contribution in [2.45, 2.75) is 13.3 Å². The summed E-state index contributed by atoms with van der Waals surface area (Å²) in [5, 5.41) is 0. The van der Waals surface area contributed by atoms with E-state index in [4.69, 9.17) is 4.74 Å². The molecule has 0 fully saturated rings. The molecule has 0 saturated carbocycles. The van der Waals surface area contributed by atoms with E-state index in [1.165, 1.54) is 6.07 Å². The number of carbonyl (C=O) groups excluding carboxylic acids is 1. The molecule has 0 radical (unpaired) electrons. The average molecular weight is 355 g/mol. The predicted molar refractivity (Wildman–Crippen MR) is 79.7 cm³/mol. The fourth-order valence-electron chi connectivity index (χ4n) is 1.97. The molecule has 0 aliphatic carbocycles. The Morgan fingerprint density at radius 1 is 1.19 bits per heavy atom. The number of benzene rings is 2. The third-order valence-corrected chi connectivity index (χ3v) is 3.58. The molecule has 0 aliphatic heterocycles. The lowest BCUT2D eigenvalue weighted by atomic mass is 10.0. The first-order valence-electron chi connectivity index (χ1n) is 6.42. The molecule has 0 amide bonds. The zero-order valence-electron chi connectivity index (χ0n) is 11.3. The van der Waals surface area contributed by atoms with Gasteiger partial charge in [-0.2, -0.15) is 0 Å². The minimum absolute atomic E-state index is 0.129. The van der Waals surface area contributed by atoms with Crippen LogP contribution in [0.25, 0.3) is 0 Å². The summed E-state index contributed by atoms with van der Waals surface area (Å²) < 4.78 is 33.1. The van der Waals surface area contributed by atoms with Gasteiger partial charge < -0.3 is 4.74 Å². The van der Waals surface area contributed by atoms with Gasteiger partial charge in [-0.1, -0.05) is 12.1 Å². The van der Waals surface area contributed by atoms with Gasteiger partial charge in [0.25, 0.3) is 0 Å². The number of Topliss-reactive ketones (excluding diaryl/α,β-unsaturated/α-hetero) is 1. The lowest BCUT2D eigenvalue weighted by Gasteiger charge is -2.10. The van der Waals surface area contributed by atoms with Crippen molar-refractivity contribution in [1.29, 1.82) is 0 Å². The molecule has 2 aromatic rings. The van der Waals surface area contributed by atoms with E-state index < -0.39 is 17.4 Å². The number of ketones is 1. The summed E-state index contributed by atoms with van der Waals surface area (Å²) >= 11 is 2.99. The molecule has 21 heavy (non-hydrogen) atoms. The molecule has 0 spiro atoms. The first kappa shape index (κ1) is 15.6. The van der Waals surface area contributed by atoms with Crippen LogP contribution in [0.1, 0.15) is 22.8 Å². The molecule has 0 saturated heterocycles. The van der Waals surface area contributed by atoms with Crippen molar-refractivity contribution in [3.05, 3.63) is 63.6 Å². The summed E-state index contributed by atoms with van der Waals surface area (Å²) in [4.78, 5) is 12.3. The van der Waals surface area contributed by atoms with Crippen molar-refractivity contribution in [2.24, 2.45) is 0 Å². The largest absolute Gasteiger partial charge is 0.493 e. The average Bonchev–Trinajstić information content (AvgIpc) is 2.48. The molecular weight excluding hydrogens is 342 g/mol. The fourth-order valence-corrected chi connectivity index (χ4v) is 2.34. The molecule has 0 heterocycles. The van der Waals surface area contributed by atoms with Gasteiger partial charge in [-0.3, -0.25) is 4.79 Å². The molecule has 2 rings (SSSR count). The van der Waals surface area contributed by atoms with Crippen LogP contribution in [0.2, 0.25) is 0 Å². The van der Waals surface area contributed by atoms with E-state index in [2.05, 4.69) is 15.9 Å². The van der Waals surface area contributed by atoms with E-state index in [9.17, 15) is 13.6 Å². The maximum Gasteiger partial charge on any atom is 0.171 e. The summed E-state index contributed by atoms with van der Waals surface area (Å²) in [6.07, 6.45) is -0.360. The monoisotopic (exact) mass is 354 g/mol. The van der Waals surface area contributed by atoms with Crippen molar-refractivity contribution in [1.82, 2.24) is 0 Å². The molecular formula is C16H13BrF2O2. The highest BCUT2D eigenvalue weighted by molar-refractivity contribution is 9.10. The van der Waals surface area contributed by atoms with Crippen LogP contribution < -0.4 is 4.74 Å². The first-order valence-corrected chi connectivity index (χ1v) is 7.21. The van der Waals surface area contributed by atoms with Gasteiger partial charge in [0.2, 0.25) is 0 Å². The van der Waals surface area contributed by atoms with Gasteiger partial charge in [0.05, 0.1) is 16.6 Å². The van der Waals surface area contributed by atoms with Crippen LogP contribution >= 0.6 is 15.9 Å². The molecule has 110 valence electrons. The number of hydrogen-bond donors (Lipinski definition) is 0. The molecule has 0 bridgehead atoms. The molecule has 2 nitrogen and oxygen atoms in total. The van der Waals surface area contributed by atoms with E-state index >= 15 is 0 Å². The van der Waals surface area contributed by atoms with Gasteiger partial charge in [0.1, 0.15) is 17.4 Å². The van der Waals surface area contributed by atoms with E-state index in [0.29, 0.717) is 17.9 Å². The Hall–Kier alpha value is -1.75. The molecule has 0 N–H and O–H groups in total. The fraction of sp³-hybridized carbons (Fsp3) is 0.188. The Balaban J connectivity index is 2.33. The minimum atomic E-state index is -0.753. The summed E-state index contributed by atoms with van der Waals surface area (Å²) in [5.41, 5.74) is 0.0683. The Morgan fingerprint density at radius 2 is 1.90 bits per heavy atom. The quantitative estimate of drug-likeness (QED) is 0.581. The third kappa shape index (κ3) is 3.47. The molecule has 2 aromatic carbocycles. The SMILES string of the molecule is CCOc1ccccc1C(=O)Cc1c(F)ccc(Br)c1F. The minimum Gasteiger partial charge on any atom is -0.493 e. The molecule has 0 aliphatic rings. The van der Waals surface area contributed by atoms with Gasteiger partial charge in [0.15, 0.2) is 5.78 Å². The number of para-hydroxylation sites is 1. The van der Waals surface area contributed by atoms with E-state index in [1.807, 2.05) is 0 Å². The van der Waals surface area contributed by atoms with Crippen LogP contribution in [0.4, 0.5) is 8.78 Å². The third-order valence-electron chi connectivity index (χ3n) is 2.96. The molecule has 5 heteroatoms. The van der Waals surface area contributed by atoms with Crippen LogP contribution in [0, 0.1) is 11.6 Å². The van der Waals surface area contributed by atoms with Crippen LogP contribution in [-0.4, -0.2) is 12.4 Å². The van der Waals surface area contributed by atoms with Crippen LogP contribution in [0.5, 0.6) is 5.75 Å². The van der Waals surface area contributed by atoms with Crippen molar-refractivity contribution in [2.75, 3.05) is 6.61 Å². The topological polar surface area (TPSA) is 26.3 Å². The summed E-state index contributed by atoms with van der Waals surface area (Å²) in [7, 11) is 0. The highest BCUT2D eigenvalue weighted by atomic mass is 79.9. The van der Waals surface area contributed by atoms with Crippen molar-refractivity contribution in [3.63, 3.8) is 0 Å². The summed E-state index contributed by atoms with van der Waals surface area (Å²) in [6, 6.07) is 9.06. The zero-order chi connectivity index (χ0) is 15.4.